The van der Waals surface area contributed by atoms with Crippen LogP contribution in [0.4, 0.5) is 4.39 Å². The number of benzene rings is 1. The summed E-state index contributed by atoms with van der Waals surface area (Å²) in [5, 5.41) is 9.76. The van der Waals surface area contributed by atoms with Crippen LogP contribution in [0.3, 0.4) is 0 Å². The number of rotatable bonds is 1. The fourth-order valence-electron chi connectivity index (χ4n) is 2.40. The number of ether oxygens (including phenoxy) is 1. The highest BCUT2D eigenvalue weighted by molar-refractivity contribution is 5.38. The lowest BCUT2D eigenvalue weighted by atomic mass is 10.0. The van der Waals surface area contributed by atoms with Crippen molar-refractivity contribution in [2.75, 3.05) is 6.61 Å². The van der Waals surface area contributed by atoms with Gasteiger partial charge in [0.05, 0.1) is 12.6 Å². The van der Waals surface area contributed by atoms with E-state index in [9.17, 15) is 19.1 Å². The molecule has 0 saturated carbocycles. The second kappa shape index (κ2) is 4.52. The molecule has 1 unspecified atom stereocenters. The summed E-state index contributed by atoms with van der Waals surface area (Å²) in [4.78, 5) is 24.8. The Morgan fingerprint density at radius 1 is 1.35 bits per heavy atom. The molecule has 104 valence electrons. The smallest absolute Gasteiger partial charge is 0.331 e. The van der Waals surface area contributed by atoms with Crippen molar-refractivity contribution in [1.82, 2.24) is 9.55 Å². The second-order valence-corrected chi connectivity index (χ2v) is 4.46. The third-order valence-corrected chi connectivity index (χ3v) is 3.30. The van der Waals surface area contributed by atoms with E-state index >= 15 is 0 Å². The molecule has 0 radical (unpaired) electrons. The van der Waals surface area contributed by atoms with Crippen molar-refractivity contribution in [2.45, 2.75) is 12.5 Å². The predicted octanol–water partition coefficient (Wildman–Crippen LogP) is 0.753. The van der Waals surface area contributed by atoms with Gasteiger partial charge < -0.3 is 9.84 Å². The van der Waals surface area contributed by atoms with Gasteiger partial charge in [-0.05, 0) is 6.07 Å². The Kier molecular flexibility index (Phi) is 2.81. The second-order valence-electron chi connectivity index (χ2n) is 4.46. The summed E-state index contributed by atoms with van der Waals surface area (Å²) in [6.07, 6.45) is 0.385. The molecule has 2 heterocycles. The first-order valence-electron chi connectivity index (χ1n) is 6.04. The van der Waals surface area contributed by atoms with Crippen LogP contribution in [0, 0.1) is 5.82 Å². The molecule has 1 atom stereocenters. The van der Waals surface area contributed by atoms with Crippen LogP contribution >= 0.6 is 0 Å². The van der Waals surface area contributed by atoms with Gasteiger partial charge in [-0.2, -0.15) is 4.39 Å². The molecule has 2 N–H and O–H groups in total. The molecule has 0 saturated heterocycles. The van der Waals surface area contributed by atoms with E-state index in [1.54, 1.807) is 24.3 Å². The van der Waals surface area contributed by atoms with Crippen molar-refractivity contribution in [1.29, 1.82) is 0 Å². The van der Waals surface area contributed by atoms with Crippen molar-refractivity contribution in [3.05, 3.63) is 56.5 Å². The lowest BCUT2D eigenvalue weighted by Crippen LogP contribution is -2.36. The Hall–Kier alpha value is -2.57. The van der Waals surface area contributed by atoms with Gasteiger partial charge in [-0.1, -0.05) is 18.2 Å². The van der Waals surface area contributed by atoms with Crippen LogP contribution in [0.5, 0.6) is 11.6 Å². The number of fused-ring (bicyclic) bond motifs is 1. The van der Waals surface area contributed by atoms with Crippen LogP contribution in [0.1, 0.15) is 18.0 Å². The molecular formula is C13H11FN2O4. The van der Waals surface area contributed by atoms with Crippen molar-refractivity contribution in [3.63, 3.8) is 0 Å². The number of hydrogen-bond acceptors (Lipinski definition) is 4. The lowest BCUT2D eigenvalue weighted by Gasteiger charge is -2.27. The first kappa shape index (κ1) is 12.5. The van der Waals surface area contributed by atoms with Gasteiger partial charge in [0.2, 0.25) is 11.7 Å². The van der Waals surface area contributed by atoms with E-state index in [0.717, 1.165) is 4.57 Å². The predicted molar refractivity (Wildman–Crippen MR) is 67.6 cm³/mol. The van der Waals surface area contributed by atoms with Gasteiger partial charge in [0.15, 0.2) is 0 Å². The lowest BCUT2D eigenvalue weighted by molar-refractivity contribution is 0.241. The first-order valence-corrected chi connectivity index (χ1v) is 6.04. The van der Waals surface area contributed by atoms with Gasteiger partial charge in [-0.3, -0.25) is 14.3 Å². The fourth-order valence-corrected chi connectivity index (χ4v) is 2.40. The minimum Gasteiger partial charge on any atom is -0.493 e. The highest BCUT2D eigenvalue weighted by Gasteiger charge is 2.27. The monoisotopic (exact) mass is 278 g/mol. The molecule has 0 bridgehead atoms. The molecule has 1 aromatic heterocycles. The highest BCUT2D eigenvalue weighted by Crippen LogP contribution is 2.35. The van der Waals surface area contributed by atoms with Crippen LogP contribution in [0.15, 0.2) is 33.9 Å². The average molecular weight is 278 g/mol. The third kappa shape index (κ3) is 1.78. The zero-order valence-electron chi connectivity index (χ0n) is 10.3. The van der Waals surface area contributed by atoms with E-state index in [4.69, 9.17) is 4.74 Å². The van der Waals surface area contributed by atoms with Gasteiger partial charge in [0, 0.05) is 12.0 Å². The number of halogens is 1. The summed E-state index contributed by atoms with van der Waals surface area (Å²) in [7, 11) is 0. The number of nitrogens with zero attached hydrogens (tertiary/aromatic N) is 1. The molecule has 2 aromatic rings. The Morgan fingerprint density at radius 2 is 2.10 bits per heavy atom. The maximum atomic E-state index is 13.5. The summed E-state index contributed by atoms with van der Waals surface area (Å²) in [5.74, 6) is -1.75. The van der Waals surface area contributed by atoms with Crippen LogP contribution in [-0.2, 0) is 0 Å². The number of aromatic nitrogens is 2. The van der Waals surface area contributed by atoms with E-state index in [1.165, 1.54) is 0 Å². The number of para-hydroxylation sites is 1. The molecule has 6 nitrogen and oxygen atoms in total. The molecular weight excluding hydrogens is 267 g/mol. The van der Waals surface area contributed by atoms with Gasteiger partial charge in [-0.15, -0.1) is 0 Å². The van der Waals surface area contributed by atoms with Crippen LogP contribution in [-0.4, -0.2) is 21.3 Å². The molecule has 1 aromatic carbocycles. The molecule has 0 fully saturated rings. The fraction of sp³-hybridized carbons (Fsp3) is 0.231. The zero-order chi connectivity index (χ0) is 14.3. The van der Waals surface area contributed by atoms with E-state index in [2.05, 4.69) is 0 Å². The van der Waals surface area contributed by atoms with Gasteiger partial charge in [0.25, 0.3) is 5.56 Å². The standard InChI is InChI=1S/C13H11FN2O4/c14-10-11(17)15-13(19)16(12(10)18)8-5-6-20-9-4-2-1-3-7(8)9/h1-4,8,18H,5-6H2,(H,15,17,19). The molecule has 1 aliphatic heterocycles. The Bertz CT molecular complexity index is 781. The molecule has 3 rings (SSSR count). The number of nitrogens with one attached hydrogen (secondary N) is 1. The number of aromatic hydroxyl groups is 1. The average Bonchev–Trinajstić information content (AvgIpc) is 2.45. The summed E-state index contributed by atoms with van der Waals surface area (Å²) in [6.45, 7) is 0.328. The quantitative estimate of drug-likeness (QED) is 0.806. The van der Waals surface area contributed by atoms with Crippen molar-refractivity contribution < 1.29 is 14.2 Å². The number of hydrogen-bond donors (Lipinski definition) is 2. The Balaban J connectivity index is 2.24. The van der Waals surface area contributed by atoms with Gasteiger partial charge in [0.1, 0.15) is 5.75 Å². The molecule has 0 spiro atoms. The SMILES string of the molecule is O=c1[nH]c(=O)n(C2CCOc3ccccc32)c(O)c1F. The zero-order valence-corrected chi connectivity index (χ0v) is 10.3. The minimum atomic E-state index is -1.37. The maximum Gasteiger partial charge on any atom is 0.331 e. The normalized spacial score (nSPS) is 17.4. The van der Waals surface area contributed by atoms with E-state index in [1.807, 2.05) is 4.98 Å². The van der Waals surface area contributed by atoms with Crippen LogP contribution in [0.25, 0.3) is 0 Å². The van der Waals surface area contributed by atoms with Gasteiger partial charge >= 0.3 is 5.69 Å². The van der Waals surface area contributed by atoms with E-state index in [0.29, 0.717) is 24.3 Å². The molecule has 20 heavy (non-hydrogen) atoms. The first-order chi connectivity index (χ1) is 9.59. The summed E-state index contributed by atoms with van der Waals surface area (Å²) < 4.78 is 19.8. The number of aromatic amines is 1. The van der Waals surface area contributed by atoms with Crippen LogP contribution < -0.4 is 16.0 Å². The highest BCUT2D eigenvalue weighted by atomic mass is 19.1. The van der Waals surface area contributed by atoms with Crippen LogP contribution in [0.2, 0.25) is 0 Å². The largest absolute Gasteiger partial charge is 0.493 e. The van der Waals surface area contributed by atoms with Crippen molar-refractivity contribution in [3.8, 4) is 11.6 Å². The molecule has 0 amide bonds. The van der Waals surface area contributed by atoms with Crippen molar-refractivity contribution >= 4 is 0 Å². The topological polar surface area (TPSA) is 84.3 Å². The summed E-state index contributed by atoms with van der Waals surface area (Å²) in [5.41, 5.74) is -1.43. The van der Waals surface area contributed by atoms with E-state index < -0.39 is 29.0 Å². The summed E-state index contributed by atoms with van der Waals surface area (Å²) >= 11 is 0. The minimum absolute atomic E-state index is 0.328. The van der Waals surface area contributed by atoms with Crippen molar-refractivity contribution in [2.24, 2.45) is 0 Å². The molecule has 1 aliphatic rings. The summed E-state index contributed by atoms with van der Waals surface area (Å²) in [6, 6.07) is 6.40. The third-order valence-electron chi connectivity index (χ3n) is 3.30. The Morgan fingerprint density at radius 3 is 2.90 bits per heavy atom. The van der Waals surface area contributed by atoms with Gasteiger partial charge in [-0.25, -0.2) is 4.79 Å². The molecule has 0 aliphatic carbocycles. The Labute approximate surface area is 112 Å². The number of H-pyrrole nitrogens is 1. The maximum absolute atomic E-state index is 13.5. The molecule has 7 heteroatoms. The van der Waals surface area contributed by atoms with E-state index in [-0.39, 0.29) is 0 Å².